The molecule has 4 nitrogen and oxygen atoms in total. The molecule has 0 aromatic carbocycles. The van der Waals surface area contributed by atoms with Crippen LogP contribution in [0.2, 0.25) is 0 Å². The smallest absolute Gasteiger partial charge is 0.0794 e. The Hall–Kier alpha value is -0.490. The van der Waals surface area contributed by atoms with E-state index in [1.807, 2.05) is 11.7 Å². The van der Waals surface area contributed by atoms with Gasteiger partial charge in [-0.1, -0.05) is 0 Å². The zero-order valence-corrected chi connectivity index (χ0v) is 11.9. The van der Waals surface area contributed by atoms with Gasteiger partial charge in [-0.25, -0.2) is 0 Å². The van der Waals surface area contributed by atoms with Gasteiger partial charge in [-0.05, 0) is 31.8 Å². The Balaban J connectivity index is 1.67. The van der Waals surface area contributed by atoms with Crippen LogP contribution < -0.4 is 5.32 Å². The number of nitrogens with one attached hydrogen (secondary N) is 1. The summed E-state index contributed by atoms with van der Waals surface area (Å²) in [4.78, 5) is 8.08. The summed E-state index contributed by atoms with van der Waals surface area (Å²) in [5.41, 5.74) is 1.92. The average Bonchev–Trinajstić information content (AvgIpc) is 2.88. The summed E-state index contributed by atoms with van der Waals surface area (Å²) >= 11 is 1.76. The van der Waals surface area contributed by atoms with Gasteiger partial charge in [0.05, 0.1) is 12.1 Å². The highest BCUT2D eigenvalue weighted by molar-refractivity contribution is 7.09. The maximum atomic E-state index is 5.04. The van der Waals surface area contributed by atoms with Crippen LogP contribution in [0, 0.1) is 5.92 Å². The summed E-state index contributed by atoms with van der Waals surface area (Å²) in [6, 6.07) is 0. The monoisotopic (exact) mass is 269 g/mol. The lowest BCUT2D eigenvalue weighted by Gasteiger charge is -2.32. The van der Waals surface area contributed by atoms with E-state index in [1.54, 1.807) is 18.4 Å². The number of methoxy groups -OCH3 is 1. The van der Waals surface area contributed by atoms with Gasteiger partial charge in [0.15, 0.2) is 0 Å². The predicted molar refractivity (Wildman–Crippen MR) is 74.9 cm³/mol. The fourth-order valence-electron chi connectivity index (χ4n) is 2.48. The lowest BCUT2D eigenvalue weighted by molar-refractivity contribution is 0.160. The topological polar surface area (TPSA) is 37.4 Å². The van der Waals surface area contributed by atoms with Crippen LogP contribution in [-0.2, 0) is 11.3 Å². The van der Waals surface area contributed by atoms with E-state index in [4.69, 9.17) is 4.74 Å². The molecule has 1 unspecified atom stereocenters. The highest BCUT2D eigenvalue weighted by atomic mass is 32.1. The molecule has 1 N–H and O–H groups in total. The fraction of sp³-hybridized carbons (Fsp3) is 0.769. The summed E-state index contributed by atoms with van der Waals surface area (Å²) in [6.45, 7) is 6.38. The molecule has 0 saturated carbocycles. The molecule has 0 aliphatic carbocycles. The lowest BCUT2D eigenvalue weighted by atomic mass is 9.98. The van der Waals surface area contributed by atoms with Gasteiger partial charge in [-0.3, -0.25) is 9.88 Å². The molecule has 1 aliphatic rings. The van der Waals surface area contributed by atoms with E-state index in [-0.39, 0.29) is 0 Å². The number of likely N-dealkylation sites (tertiary alicyclic amines) is 1. The normalized spacial score (nSPS) is 21.3. The molecular weight excluding hydrogens is 246 g/mol. The Morgan fingerprint density at radius 2 is 2.56 bits per heavy atom. The third-order valence-electron chi connectivity index (χ3n) is 3.38. The lowest BCUT2D eigenvalue weighted by Crippen LogP contribution is -2.39. The van der Waals surface area contributed by atoms with Crippen molar-refractivity contribution >= 4 is 11.3 Å². The van der Waals surface area contributed by atoms with Gasteiger partial charge < -0.3 is 10.1 Å². The summed E-state index contributed by atoms with van der Waals surface area (Å²) in [7, 11) is 1.75. The van der Waals surface area contributed by atoms with Crippen LogP contribution in [0.5, 0.6) is 0 Å². The minimum Gasteiger partial charge on any atom is -0.383 e. The first-order valence-corrected chi connectivity index (χ1v) is 7.56. The summed E-state index contributed by atoms with van der Waals surface area (Å²) in [5.74, 6) is 0.781. The maximum absolute atomic E-state index is 5.04. The van der Waals surface area contributed by atoms with Crippen LogP contribution in [0.15, 0.2) is 11.7 Å². The first-order chi connectivity index (χ1) is 8.88. The molecule has 1 aliphatic heterocycles. The molecule has 1 atom stereocenters. The number of ether oxygens (including phenoxy) is 1. The third-order valence-corrected chi connectivity index (χ3v) is 4.15. The zero-order valence-electron chi connectivity index (χ0n) is 11.1. The van der Waals surface area contributed by atoms with Crippen LogP contribution in [0.25, 0.3) is 0 Å². The van der Waals surface area contributed by atoms with Crippen molar-refractivity contribution in [3.63, 3.8) is 0 Å². The third kappa shape index (κ3) is 4.65. The van der Waals surface area contributed by atoms with Crippen molar-refractivity contribution in [1.29, 1.82) is 0 Å². The Kier molecular flexibility index (Phi) is 6.07. The van der Waals surface area contributed by atoms with Crippen molar-refractivity contribution in [2.75, 3.05) is 39.9 Å². The summed E-state index contributed by atoms with van der Waals surface area (Å²) < 4.78 is 5.04. The van der Waals surface area contributed by atoms with Gasteiger partial charge in [0.25, 0.3) is 0 Å². The van der Waals surface area contributed by atoms with Crippen LogP contribution in [0.4, 0.5) is 0 Å². The Morgan fingerprint density at radius 3 is 3.33 bits per heavy atom. The van der Waals surface area contributed by atoms with E-state index in [0.29, 0.717) is 0 Å². The number of piperidine rings is 1. The summed E-state index contributed by atoms with van der Waals surface area (Å²) in [6.07, 6.45) is 4.65. The fourth-order valence-corrected chi connectivity index (χ4v) is 3.12. The first-order valence-electron chi connectivity index (χ1n) is 6.68. The van der Waals surface area contributed by atoms with Gasteiger partial charge >= 0.3 is 0 Å². The molecule has 1 saturated heterocycles. The minimum atomic E-state index is 0.781. The second-order valence-electron chi connectivity index (χ2n) is 4.91. The molecule has 0 amide bonds. The van der Waals surface area contributed by atoms with Crippen molar-refractivity contribution in [3.8, 4) is 0 Å². The predicted octanol–water partition coefficient (Wildman–Crippen LogP) is 1.59. The molecule has 102 valence electrons. The highest BCUT2D eigenvalue weighted by Crippen LogP contribution is 2.19. The number of nitrogens with zero attached hydrogens (tertiary/aromatic N) is 2. The van der Waals surface area contributed by atoms with Crippen molar-refractivity contribution in [2.45, 2.75) is 19.4 Å². The van der Waals surface area contributed by atoms with E-state index in [9.17, 15) is 0 Å². The molecule has 2 heterocycles. The molecule has 5 heteroatoms. The van der Waals surface area contributed by atoms with Gasteiger partial charge in [0, 0.05) is 37.8 Å². The SMILES string of the molecule is COCCNCC1CCCN(Cc2cncs2)C1. The molecule has 0 bridgehead atoms. The standard InChI is InChI=1S/C13H23N3OS/c1-17-6-4-14-7-12-3-2-5-16(9-12)10-13-8-15-11-18-13/h8,11-12,14H,2-7,9-10H2,1H3. The number of thiazole rings is 1. The number of rotatable bonds is 7. The molecule has 1 aromatic heterocycles. The summed E-state index contributed by atoms with van der Waals surface area (Å²) in [5, 5.41) is 3.47. The quantitative estimate of drug-likeness (QED) is 0.763. The van der Waals surface area contributed by atoms with Crippen molar-refractivity contribution < 1.29 is 4.74 Å². The maximum Gasteiger partial charge on any atom is 0.0794 e. The van der Waals surface area contributed by atoms with Gasteiger partial charge in [0.1, 0.15) is 0 Å². The molecule has 2 rings (SSSR count). The van der Waals surface area contributed by atoms with Crippen molar-refractivity contribution in [3.05, 3.63) is 16.6 Å². The van der Waals surface area contributed by atoms with E-state index >= 15 is 0 Å². The van der Waals surface area contributed by atoms with E-state index in [0.717, 1.165) is 32.2 Å². The average molecular weight is 269 g/mol. The molecule has 1 aromatic rings. The number of aromatic nitrogens is 1. The molecule has 0 radical (unpaired) electrons. The van der Waals surface area contributed by atoms with Crippen LogP contribution in [0.1, 0.15) is 17.7 Å². The van der Waals surface area contributed by atoms with Crippen LogP contribution >= 0.6 is 11.3 Å². The molecule has 18 heavy (non-hydrogen) atoms. The number of hydrogen-bond acceptors (Lipinski definition) is 5. The van der Waals surface area contributed by atoms with Crippen LogP contribution in [0.3, 0.4) is 0 Å². The Bertz CT molecular complexity index is 318. The second-order valence-corrected chi connectivity index (χ2v) is 5.88. The first kappa shape index (κ1) is 13.9. The van der Waals surface area contributed by atoms with Gasteiger partial charge in [0.2, 0.25) is 0 Å². The Labute approximate surface area is 113 Å². The van der Waals surface area contributed by atoms with E-state index in [2.05, 4.69) is 15.2 Å². The minimum absolute atomic E-state index is 0.781. The number of hydrogen-bond donors (Lipinski definition) is 1. The van der Waals surface area contributed by atoms with E-state index < -0.39 is 0 Å². The molecule has 0 spiro atoms. The van der Waals surface area contributed by atoms with Gasteiger partial charge in [-0.2, -0.15) is 0 Å². The molecule has 1 fully saturated rings. The molecular formula is C13H23N3OS. The van der Waals surface area contributed by atoms with Crippen molar-refractivity contribution in [2.24, 2.45) is 5.92 Å². The van der Waals surface area contributed by atoms with E-state index in [1.165, 1.54) is 30.8 Å². The largest absolute Gasteiger partial charge is 0.383 e. The second kappa shape index (κ2) is 7.84. The zero-order chi connectivity index (χ0) is 12.6. The van der Waals surface area contributed by atoms with Gasteiger partial charge in [-0.15, -0.1) is 11.3 Å². The highest BCUT2D eigenvalue weighted by Gasteiger charge is 2.19. The Morgan fingerprint density at radius 1 is 1.61 bits per heavy atom. The van der Waals surface area contributed by atoms with Crippen molar-refractivity contribution in [1.82, 2.24) is 15.2 Å². The van der Waals surface area contributed by atoms with Crippen LogP contribution in [-0.4, -0.2) is 49.8 Å².